The van der Waals surface area contributed by atoms with Crippen LogP contribution in [0, 0.1) is 0 Å². The van der Waals surface area contributed by atoms with E-state index in [1.165, 1.54) is 23.4 Å². The van der Waals surface area contributed by atoms with Gasteiger partial charge in [0.25, 0.3) is 5.91 Å². The van der Waals surface area contributed by atoms with E-state index in [1.54, 1.807) is 6.07 Å². The first-order chi connectivity index (χ1) is 15.4. The molecule has 0 aliphatic heterocycles. The highest BCUT2D eigenvalue weighted by molar-refractivity contribution is 6.31. The smallest absolute Gasteiger partial charge is 0.259 e. The first kappa shape index (κ1) is 25.5. The molecule has 32 heavy (non-hydrogen) atoms. The minimum atomic E-state index is -0.379. The van der Waals surface area contributed by atoms with E-state index in [0.717, 1.165) is 18.5 Å². The van der Waals surface area contributed by atoms with Crippen molar-refractivity contribution in [2.45, 2.75) is 39.2 Å². The molecule has 0 bridgehead atoms. The van der Waals surface area contributed by atoms with Crippen LogP contribution in [-0.4, -0.2) is 37.8 Å². The van der Waals surface area contributed by atoms with Gasteiger partial charge in [-0.1, -0.05) is 49.7 Å². The molecular weight excluding hydrogens is 424 g/mol. The summed E-state index contributed by atoms with van der Waals surface area (Å²) in [5.41, 5.74) is 3.36. The predicted octanol–water partition coefficient (Wildman–Crippen LogP) is 5.73. The number of ether oxygens (including phenoxy) is 1. The number of benzene rings is 2. The molecular formula is C26H33ClN2O3. The number of aromatic hydroxyl groups is 1. The Morgan fingerprint density at radius 3 is 2.59 bits per heavy atom. The van der Waals surface area contributed by atoms with Crippen LogP contribution in [0.15, 0.2) is 66.4 Å². The maximum atomic E-state index is 12.4. The molecule has 0 aromatic heterocycles. The number of nitrogens with one attached hydrogen (secondary N) is 1. The van der Waals surface area contributed by atoms with Gasteiger partial charge in [-0.2, -0.15) is 0 Å². The summed E-state index contributed by atoms with van der Waals surface area (Å²) in [5.74, 6) is -0.475. The number of allylic oxidation sites excluding steroid dienone is 3. The molecule has 0 saturated carbocycles. The van der Waals surface area contributed by atoms with Crippen molar-refractivity contribution in [1.82, 2.24) is 5.32 Å². The average molecular weight is 457 g/mol. The van der Waals surface area contributed by atoms with E-state index < -0.39 is 0 Å². The quantitative estimate of drug-likeness (QED) is 0.558. The zero-order valence-corrected chi connectivity index (χ0v) is 20.0. The normalized spacial score (nSPS) is 15.2. The first-order valence-electron chi connectivity index (χ1n) is 11.0. The van der Waals surface area contributed by atoms with E-state index in [4.69, 9.17) is 16.3 Å². The van der Waals surface area contributed by atoms with Gasteiger partial charge in [0.2, 0.25) is 0 Å². The van der Waals surface area contributed by atoms with Gasteiger partial charge >= 0.3 is 0 Å². The topological polar surface area (TPSA) is 61.8 Å². The van der Waals surface area contributed by atoms with Crippen molar-refractivity contribution in [1.29, 1.82) is 0 Å². The highest BCUT2D eigenvalue weighted by atomic mass is 35.5. The summed E-state index contributed by atoms with van der Waals surface area (Å²) in [6.45, 7) is 4.63. The average Bonchev–Trinajstić information content (AvgIpc) is 3.02. The summed E-state index contributed by atoms with van der Waals surface area (Å²) >= 11 is 5.93. The number of hydrogen-bond donors (Lipinski definition) is 2. The van der Waals surface area contributed by atoms with Crippen LogP contribution in [0.2, 0.25) is 5.02 Å². The van der Waals surface area contributed by atoms with Crippen LogP contribution in [0.3, 0.4) is 0 Å². The van der Waals surface area contributed by atoms with Gasteiger partial charge in [-0.05, 0) is 61.2 Å². The zero-order valence-electron chi connectivity index (χ0n) is 19.3. The van der Waals surface area contributed by atoms with Crippen molar-refractivity contribution in [3.8, 4) is 5.75 Å². The lowest BCUT2D eigenvalue weighted by atomic mass is 10.1. The number of phenolic OH excluding ortho intramolecular Hbond substituents is 1. The van der Waals surface area contributed by atoms with Crippen molar-refractivity contribution in [3.05, 3.63) is 82.5 Å². The van der Waals surface area contributed by atoms with Crippen molar-refractivity contribution in [2.75, 3.05) is 25.6 Å². The molecule has 1 atom stereocenters. The number of amides is 1. The van der Waals surface area contributed by atoms with Crippen LogP contribution < -0.4 is 10.2 Å². The summed E-state index contributed by atoms with van der Waals surface area (Å²) in [6, 6.07) is 12.9. The molecule has 5 nitrogen and oxygen atoms in total. The number of phenols is 1. The van der Waals surface area contributed by atoms with Gasteiger partial charge in [0, 0.05) is 30.5 Å². The SMILES string of the molecule is CC.CN(C)c1ccc(CCOC2C=CC=C(NC(=O)c3cc(Cl)ccc3O)CC2)cc1. The van der Waals surface area contributed by atoms with E-state index in [-0.39, 0.29) is 23.3 Å². The van der Waals surface area contributed by atoms with Crippen molar-refractivity contribution < 1.29 is 14.6 Å². The number of nitrogens with zero attached hydrogens (tertiary/aromatic N) is 1. The second-order valence-corrected chi connectivity index (χ2v) is 7.89. The standard InChI is InChI=1S/C24H27ClN2O3.C2H6/c1-27(2)20-10-6-17(7-11-20)14-15-30-21-5-3-4-19(9-12-21)26-24(29)22-16-18(25)8-13-23(22)28;1-2/h3-8,10-11,13,16,21,28H,9,12,14-15H2,1-2H3,(H,26,29);1-2H3. The molecule has 1 amide bonds. The van der Waals surface area contributed by atoms with Crippen LogP contribution in [0.25, 0.3) is 0 Å². The lowest BCUT2D eigenvalue weighted by Gasteiger charge is -2.15. The first-order valence-corrected chi connectivity index (χ1v) is 11.4. The van der Waals surface area contributed by atoms with Crippen LogP contribution in [0.5, 0.6) is 5.75 Å². The largest absolute Gasteiger partial charge is 0.507 e. The van der Waals surface area contributed by atoms with Gasteiger partial charge in [0.15, 0.2) is 0 Å². The fourth-order valence-corrected chi connectivity index (χ4v) is 3.38. The Bertz CT molecular complexity index is 937. The Hall–Kier alpha value is -2.76. The molecule has 0 radical (unpaired) electrons. The van der Waals surface area contributed by atoms with Gasteiger partial charge < -0.3 is 20.1 Å². The Morgan fingerprint density at radius 2 is 1.91 bits per heavy atom. The lowest BCUT2D eigenvalue weighted by Crippen LogP contribution is -2.23. The number of hydrogen-bond acceptors (Lipinski definition) is 4. The number of rotatable bonds is 7. The summed E-state index contributed by atoms with van der Waals surface area (Å²) in [5, 5.41) is 13.1. The highest BCUT2D eigenvalue weighted by Gasteiger charge is 2.15. The molecule has 0 saturated heterocycles. The van der Waals surface area contributed by atoms with Crippen LogP contribution in [-0.2, 0) is 11.2 Å². The lowest BCUT2D eigenvalue weighted by molar-refractivity contribution is 0.0817. The fourth-order valence-electron chi connectivity index (χ4n) is 3.21. The molecule has 3 rings (SSSR count). The molecule has 2 aromatic carbocycles. The minimum absolute atomic E-state index is 0.00345. The van der Waals surface area contributed by atoms with E-state index in [9.17, 15) is 9.90 Å². The Balaban J connectivity index is 0.00000176. The Kier molecular flexibility index (Phi) is 10.3. The third-order valence-electron chi connectivity index (χ3n) is 4.97. The maximum absolute atomic E-state index is 12.4. The van der Waals surface area contributed by atoms with Crippen LogP contribution >= 0.6 is 11.6 Å². The third kappa shape index (κ3) is 7.74. The van der Waals surface area contributed by atoms with E-state index in [2.05, 4.69) is 34.5 Å². The van der Waals surface area contributed by atoms with Crippen LogP contribution in [0.4, 0.5) is 5.69 Å². The second-order valence-electron chi connectivity index (χ2n) is 7.45. The molecule has 1 aliphatic rings. The summed E-state index contributed by atoms with van der Waals surface area (Å²) in [4.78, 5) is 14.5. The molecule has 0 spiro atoms. The minimum Gasteiger partial charge on any atom is -0.507 e. The summed E-state index contributed by atoms with van der Waals surface area (Å²) < 4.78 is 6.02. The molecule has 1 aliphatic carbocycles. The molecule has 172 valence electrons. The maximum Gasteiger partial charge on any atom is 0.259 e. The van der Waals surface area contributed by atoms with Crippen LogP contribution in [0.1, 0.15) is 42.6 Å². The monoisotopic (exact) mass is 456 g/mol. The summed E-state index contributed by atoms with van der Waals surface area (Å²) in [6.07, 6.45) is 8.05. The van der Waals surface area contributed by atoms with Crippen molar-refractivity contribution in [3.63, 3.8) is 0 Å². The van der Waals surface area contributed by atoms with Gasteiger partial charge in [-0.3, -0.25) is 4.79 Å². The molecule has 0 fully saturated rings. The molecule has 2 N–H and O–H groups in total. The number of halogens is 1. The van der Waals surface area contributed by atoms with E-state index >= 15 is 0 Å². The highest BCUT2D eigenvalue weighted by Crippen LogP contribution is 2.22. The van der Waals surface area contributed by atoms with E-state index in [0.29, 0.717) is 18.1 Å². The Labute approximate surface area is 196 Å². The van der Waals surface area contributed by atoms with Gasteiger partial charge in [0.1, 0.15) is 5.75 Å². The molecule has 0 heterocycles. The fraction of sp³-hybridized carbons (Fsp3) is 0.346. The predicted molar refractivity (Wildman–Crippen MR) is 133 cm³/mol. The van der Waals surface area contributed by atoms with E-state index in [1.807, 2.05) is 46.2 Å². The van der Waals surface area contributed by atoms with Crippen molar-refractivity contribution >= 4 is 23.2 Å². The molecule has 2 aromatic rings. The Morgan fingerprint density at radius 1 is 1.19 bits per heavy atom. The van der Waals surface area contributed by atoms with Gasteiger partial charge in [0.05, 0.1) is 18.3 Å². The second kappa shape index (κ2) is 12.9. The summed E-state index contributed by atoms with van der Waals surface area (Å²) in [7, 11) is 4.05. The van der Waals surface area contributed by atoms with Gasteiger partial charge in [-0.25, -0.2) is 0 Å². The molecule has 6 heteroatoms. The zero-order chi connectivity index (χ0) is 23.5. The third-order valence-corrected chi connectivity index (χ3v) is 5.21. The van der Waals surface area contributed by atoms with Gasteiger partial charge in [-0.15, -0.1) is 0 Å². The molecule has 1 unspecified atom stereocenters. The number of anilines is 1. The number of carbonyl (C=O) groups excluding carboxylic acids is 1. The van der Waals surface area contributed by atoms with Crippen molar-refractivity contribution in [2.24, 2.45) is 0 Å². The number of carbonyl (C=O) groups is 1.